The molecule has 0 aliphatic carbocycles. The van der Waals surface area contributed by atoms with Gasteiger partial charge in [0.1, 0.15) is 11.6 Å². The fourth-order valence-electron chi connectivity index (χ4n) is 3.82. The molecule has 1 atom stereocenters. The van der Waals surface area contributed by atoms with Crippen molar-refractivity contribution in [3.05, 3.63) is 42.1 Å². The SMILES string of the molecule is CCC1CCCCN1CCNC(=NC)NCc1ccc(-n2ccnc2C)nc1.I. The molecule has 0 bridgehead atoms. The minimum absolute atomic E-state index is 0. The maximum Gasteiger partial charge on any atom is 0.191 e. The van der Waals surface area contributed by atoms with E-state index < -0.39 is 0 Å². The monoisotopic (exact) mass is 511 g/mol. The summed E-state index contributed by atoms with van der Waals surface area (Å²) in [5.74, 6) is 2.65. The molecule has 0 amide bonds. The van der Waals surface area contributed by atoms with E-state index in [0.29, 0.717) is 6.54 Å². The fourth-order valence-corrected chi connectivity index (χ4v) is 3.82. The van der Waals surface area contributed by atoms with E-state index in [2.05, 4.69) is 43.5 Å². The number of halogens is 1. The van der Waals surface area contributed by atoms with Crippen molar-refractivity contribution in [1.29, 1.82) is 0 Å². The molecule has 1 saturated heterocycles. The lowest BCUT2D eigenvalue weighted by Crippen LogP contribution is -2.45. The topological polar surface area (TPSA) is 70.4 Å². The highest BCUT2D eigenvalue weighted by atomic mass is 127. The normalized spacial score (nSPS) is 17.6. The summed E-state index contributed by atoms with van der Waals surface area (Å²) in [5, 5.41) is 6.81. The predicted molar refractivity (Wildman–Crippen MR) is 129 cm³/mol. The van der Waals surface area contributed by atoms with E-state index in [1.54, 1.807) is 6.20 Å². The van der Waals surface area contributed by atoms with Crippen LogP contribution in [0.25, 0.3) is 5.82 Å². The minimum Gasteiger partial charge on any atom is -0.355 e. The van der Waals surface area contributed by atoms with Crippen LogP contribution in [0.3, 0.4) is 0 Å². The molecule has 2 aromatic rings. The number of imidazole rings is 1. The summed E-state index contributed by atoms with van der Waals surface area (Å²) in [4.78, 5) is 15.7. The number of guanidine groups is 1. The minimum atomic E-state index is 0. The van der Waals surface area contributed by atoms with Crippen LogP contribution in [0.1, 0.15) is 44.0 Å². The Morgan fingerprint density at radius 1 is 1.24 bits per heavy atom. The first-order valence-corrected chi connectivity index (χ1v) is 10.3. The first-order chi connectivity index (χ1) is 13.7. The number of likely N-dealkylation sites (tertiary alicyclic amines) is 1. The molecule has 160 valence electrons. The van der Waals surface area contributed by atoms with Crippen molar-refractivity contribution in [3.8, 4) is 5.82 Å². The summed E-state index contributed by atoms with van der Waals surface area (Å²) < 4.78 is 1.97. The van der Waals surface area contributed by atoms with Crippen molar-refractivity contribution in [2.75, 3.05) is 26.7 Å². The van der Waals surface area contributed by atoms with Gasteiger partial charge in [0.05, 0.1) is 0 Å². The molecule has 2 N–H and O–H groups in total. The van der Waals surface area contributed by atoms with Crippen molar-refractivity contribution in [1.82, 2.24) is 30.1 Å². The molecule has 1 aliphatic rings. The molecule has 0 aromatic carbocycles. The van der Waals surface area contributed by atoms with E-state index in [1.807, 2.05) is 37.0 Å². The van der Waals surface area contributed by atoms with E-state index in [9.17, 15) is 0 Å². The molecule has 3 rings (SSSR count). The van der Waals surface area contributed by atoms with Gasteiger partial charge in [-0.25, -0.2) is 9.97 Å². The average molecular weight is 511 g/mol. The lowest BCUT2D eigenvalue weighted by atomic mass is 10.0. The maximum atomic E-state index is 4.54. The largest absolute Gasteiger partial charge is 0.355 e. The third-order valence-electron chi connectivity index (χ3n) is 5.48. The van der Waals surface area contributed by atoms with E-state index >= 15 is 0 Å². The number of hydrogen-bond acceptors (Lipinski definition) is 4. The molecule has 7 nitrogen and oxygen atoms in total. The number of pyridine rings is 1. The molecule has 1 fully saturated rings. The number of aliphatic imine (C=N–C) groups is 1. The number of piperidine rings is 1. The van der Waals surface area contributed by atoms with Crippen molar-refractivity contribution >= 4 is 29.9 Å². The molecule has 2 aromatic heterocycles. The number of nitrogens with one attached hydrogen (secondary N) is 2. The molecule has 29 heavy (non-hydrogen) atoms. The number of nitrogens with zero attached hydrogens (tertiary/aromatic N) is 5. The van der Waals surface area contributed by atoms with Gasteiger partial charge >= 0.3 is 0 Å². The summed E-state index contributed by atoms with van der Waals surface area (Å²) >= 11 is 0. The molecular formula is C21H34IN7. The zero-order valence-corrected chi connectivity index (χ0v) is 20.1. The number of rotatable bonds is 7. The molecule has 8 heteroatoms. The van der Waals surface area contributed by atoms with Gasteiger partial charge in [-0.2, -0.15) is 0 Å². The standard InChI is InChI=1S/C21H33N7.HI/c1-4-19-7-5-6-12-27(19)13-10-24-21(22-3)26-16-18-8-9-20(25-15-18)28-14-11-23-17(28)2;/h8-9,11,14-15,19H,4-7,10,12-13,16H2,1-3H3,(H2,22,24,26);1H. The maximum absolute atomic E-state index is 4.54. The Morgan fingerprint density at radius 3 is 2.76 bits per heavy atom. The van der Waals surface area contributed by atoms with E-state index in [1.165, 1.54) is 32.2 Å². The van der Waals surface area contributed by atoms with Crippen LogP contribution >= 0.6 is 24.0 Å². The summed E-state index contributed by atoms with van der Waals surface area (Å²) in [5.41, 5.74) is 1.12. The summed E-state index contributed by atoms with van der Waals surface area (Å²) in [7, 11) is 1.81. The smallest absolute Gasteiger partial charge is 0.191 e. The summed E-state index contributed by atoms with van der Waals surface area (Å²) in [6.45, 7) is 8.16. The van der Waals surface area contributed by atoms with Crippen molar-refractivity contribution in [2.24, 2.45) is 4.99 Å². The Morgan fingerprint density at radius 2 is 2.10 bits per heavy atom. The van der Waals surface area contributed by atoms with Crippen LogP contribution in [0.4, 0.5) is 0 Å². The molecule has 1 unspecified atom stereocenters. The van der Waals surface area contributed by atoms with Gasteiger partial charge in [0, 0.05) is 51.3 Å². The highest BCUT2D eigenvalue weighted by Crippen LogP contribution is 2.18. The second kappa shape index (κ2) is 12.1. The van der Waals surface area contributed by atoms with Gasteiger partial charge in [0.25, 0.3) is 0 Å². The third kappa shape index (κ3) is 6.67. The highest BCUT2D eigenvalue weighted by molar-refractivity contribution is 14.0. The summed E-state index contributed by atoms with van der Waals surface area (Å²) in [6, 6.07) is 4.85. The molecule has 0 spiro atoms. The van der Waals surface area contributed by atoms with Crippen LogP contribution in [0.5, 0.6) is 0 Å². The van der Waals surface area contributed by atoms with Gasteiger partial charge in [-0.15, -0.1) is 24.0 Å². The van der Waals surface area contributed by atoms with Gasteiger partial charge in [-0.3, -0.25) is 14.5 Å². The van der Waals surface area contributed by atoms with Crippen LogP contribution in [0.15, 0.2) is 35.7 Å². The Hall–Kier alpha value is -1.68. The molecule has 3 heterocycles. The van der Waals surface area contributed by atoms with E-state index in [4.69, 9.17) is 0 Å². The van der Waals surface area contributed by atoms with Crippen LogP contribution < -0.4 is 10.6 Å². The molecule has 0 radical (unpaired) electrons. The quantitative estimate of drug-likeness (QED) is 0.340. The highest BCUT2D eigenvalue weighted by Gasteiger charge is 2.19. The van der Waals surface area contributed by atoms with Gasteiger partial charge in [0.2, 0.25) is 0 Å². The lowest BCUT2D eigenvalue weighted by molar-refractivity contribution is 0.147. The van der Waals surface area contributed by atoms with Crippen molar-refractivity contribution in [3.63, 3.8) is 0 Å². The molecular weight excluding hydrogens is 477 g/mol. The zero-order chi connectivity index (χ0) is 19.8. The third-order valence-corrected chi connectivity index (χ3v) is 5.48. The first-order valence-electron chi connectivity index (χ1n) is 10.3. The van der Waals surface area contributed by atoms with Crippen LogP contribution in [-0.2, 0) is 6.54 Å². The Kier molecular flexibility index (Phi) is 9.86. The molecule has 0 saturated carbocycles. The van der Waals surface area contributed by atoms with E-state index in [-0.39, 0.29) is 24.0 Å². The van der Waals surface area contributed by atoms with Crippen LogP contribution in [0, 0.1) is 6.92 Å². The number of aromatic nitrogens is 3. The second-order valence-corrected chi connectivity index (χ2v) is 7.32. The average Bonchev–Trinajstić information content (AvgIpc) is 3.17. The lowest BCUT2D eigenvalue weighted by Gasteiger charge is -2.35. The Labute approximate surface area is 191 Å². The molecule has 1 aliphatic heterocycles. The van der Waals surface area contributed by atoms with Crippen molar-refractivity contribution in [2.45, 2.75) is 52.1 Å². The van der Waals surface area contributed by atoms with Gasteiger partial charge in [-0.05, 0) is 44.4 Å². The Bertz CT molecular complexity index is 757. The second-order valence-electron chi connectivity index (χ2n) is 7.32. The van der Waals surface area contributed by atoms with Gasteiger partial charge in [0.15, 0.2) is 5.96 Å². The van der Waals surface area contributed by atoms with Crippen molar-refractivity contribution < 1.29 is 0 Å². The number of aryl methyl sites for hydroxylation is 1. The first kappa shape index (κ1) is 23.6. The zero-order valence-electron chi connectivity index (χ0n) is 17.8. The fraction of sp³-hybridized carbons (Fsp3) is 0.571. The van der Waals surface area contributed by atoms with Crippen LogP contribution in [0.2, 0.25) is 0 Å². The number of hydrogen-bond donors (Lipinski definition) is 2. The van der Waals surface area contributed by atoms with Gasteiger partial charge in [-0.1, -0.05) is 19.4 Å². The summed E-state index contributed by atoms with van der Waals surface area (Å²) in [6.07, 6.45) is 10.9. The van der Waals surface area contributed by atoms with Crippen LogP contribution in [-0.4, -0.2) is 58.1 Å². The van der Waals surface area contributed by atoms with Gasteiger partial charge < -0.3 is 10.6 Å². The van der Waals surface area contributed by atoms with E-state index in [0.717, 1.165) is 42.3 Å². The predicted octanol–water partition coefficient (Wildman–Crippen LogP) is 3.12. The Balaban J connectivity index is 0.00000300.